The molecule has 0 aliphatic heterocycles. The second-order valence-electron chi connectivity index (χ2n) is 7.64. The number of hydrogen-bond acceptors (Lipinski definition) is 6. The third-order valence-corrected chi connectivity index (χ3v) is 4.95. The van der Waals surface area contributed by atoms with Crippen LogP contribution in [0.3, 0.4) is 0 Å². The molecular weight excluding hydrogens is 356 g/mol. The summed E-state index contributed by atoms with van der Waals surface area (Å²) in [5, 5.41) is 19.0. The van der Waals surface area contributed by atoms with Gasteiger partial charge in [0.2, 0.25) is 0 Å². The maximum absolute atomic E-state index is 12.1. The van der Waals surface area contributed by atoms with E-state index in [4.69, 9.17) is 9.47 Å². The van der Waals surface area contributed by atoms with Crippen molar-refractivity contribution in [2.24, 2.45) is 11.3 Å². The lowest BCUT2D eigenvalue weighted by Gasteiger charge is -2.46. The van der Waals surface area contributed by atoms with Crippen LogP contribution in [-0.2, 0) is 28.7 Å². The molecule has 2 rings (SSSR count). The van der Waals surface area contributed by atoms with E-state index in [9.17, 15) is 29.4 Å². The van der Waals surface area contributed by atoms with Gasteiger partial charge in [0, 0.05) is 12.0 Å². The molecule has 0 aromatic heterocycles. The average molecular weight is 380 g/mol. The maximum Gasteiger partial charge on any atom is 0.333 e. The Morgan fingerprint density at radius 2 is 1.96 bits per heavy atom. The minimum Gasteiger partial charge on any atom is -0.481 e. The second kappa shape index (κ2) is 7.54. The molecule has 1 fully saturated rings. The summed E-state index contributed by atoms with van der Waals surface area (Å²) in [4.78, 5) is 46.7. The third kappa shape index (κ3) is 4.75. The first-order chi connectivity index (χ1) is 12.5. The van der Waals surface area contributed by atoms with Gasteiger partial charge < -0.3 is 19.7 Å². The fraction of sp³-hybridized carbons (Fsp3) is 0.579. The third-order valence-electron chi connectivity index (χ3n) is 4.95. The van der Waals surface area contributed by atoms with Crippen LogP contribution in [0.1, 0.15) is 46.0 Å². The number of esters is 2. The van der Waals surface area contributed by atoms with Gasteiger partial charge in [-0.15, -0.1) is 0 Å². The largest absolute Gasteiger partial charge is 0.481 e. The molecule has 0 amide bonds. The molecule has 148 valence electrons. The number of carboxylic acid groups (broad SMARTS) is 2. The van der Waals surface area contributed by atoms with Crippen molar-refractivity contribution in [2.75, 3.05) is 6.61 Å². The summed E-state index contributed by atoms with van der Waals surface area (Å²) in [6.45, 7) is 6.38. The molecule has 0 aromatic rings. The van der Waals surface area contributed by atoms with Crippen molar-refractivity contribution >= 4 is 23.9 Å². The van der Waals surface area contributed by atoms with Gasteiger partial charge in [0.15, 0.2) is 0 Å². The van der Waals surface area contributed by atoms with Crippen LogP contribution >= 0.6 is 0 Å². The van der Waals surface area contributed by atoms with Gasteiger partial charge in [-0.25, -0.2) is 4.79 Å². The van der Waals surface area contributed by atoms with E-state index in [0.29, 0.717) is 5.57 Å². The van der Waals surface area contributed by atoms with Crippen LogP contribution in [0.4, 0.5) is 0 Å². The molecule has 2 aliphatic carbocycles. The fourth-order valence-corrected chi connectivity index (χ4v) is 3.98. The molecule has 2 aliphatic rings. The second-order valence-corrected chi connectivity index (χ2v) is 7.64. The fourth-order valence-electron chi connectivity index (χ4n) is 3.98. The zero-order valence-corrected chi connectivity index (χ0v) is 15.4. The van der Waals surface area contributed by atoms with Crippen LogP contribution in [0.15, 0.2) is 23.8 Å². The molecule has 8 heteroatoms. The molecule has 0 heterocycles. The molecule has 0 saturated heterocycles. The summed E-state index contributed by atoms with van der Waals surface area (Å²) in [5.41, 5.74) is -1.53. The van der Waals surface area contributed by atoms with Gasteiger partial charge in [-0.2, -0.15) is 0 Å². The van der Waals surface area contributed by atoms with E-state index >= 15 is 0 Å². The van der Waals surface area contributed by atoms with Gasteiger partial charge in [-0.1, -0.05) is 12.2 Å². The van der Waals surface area contributed by atoms with Crippen molar-refractivity contribution in [1.29, 1.82) is 0 Å². The Morgan fingerprint density at radius 1 is 1.30 bits per heavy atom. The standard InChI is InChI=1S/C19H24O8/c1-11(2)16(23)26-5-4-14(20)27-18(3)7-12-6-13(15(21)22)9-19(8-12,10-18)17(24)25/h7,13H,1,4-6,8-10H2,2-3H3,(H,21,22)(H,24,25). The topological polar surface area (TPSA) is 127 Å². The molecule has 0 radical (unpaired) electrons. The first-order valence-corrected chi connectivity index (χ1v) is 8.68. The number of carbonyl (C=O) groups excluding carboxylic acids is 2. The van der Waals surface area contributed by atoms with Gasteiger partial charge in [0.1, 0.15) is 12.2 Å². The molecule has 2 N–H and O–H groups in total. The Hall–Kier alpha value is -2.64. The van der Waals surface area contributed by atoms with E-state index in [0.717, 1.165) is 0 Å². The van der Waals surface area contributed by atoms with Crippen molar-refractivity contribution in [3.05, 3.63) is 23.8 Å². The lowest BCUT2D eigenvalue weighted by Crippen LogP contribution is -2.49. The van der Waals surface area contributed by atoms with Gasteiger partial charge >= 0.3 is 23.9 Å². The highest BCUT2D eigenvalue weighted by Gasteiger charge is 2.53. The molecule has 27 heavy (non-hydrogen) atoms. The Labute approximate surface area is 156 Å². The van der Waals surface area contributed by atoms with Crippen molar-refractivity contribution in [3.63, 3.8) is 0 Å². The van der Waals surface area contributed by atoms with E-state index in [-0.39, 0.29) is 44.3 Å². The molecular formula is C19H24O8. The average Bonchev–Trinajstić information content (AvgIpc) is 2.52. The summed E-state index contributed by atoms with van der Waals surface area (Å²) in [6, 6.07) is 0. The molecule has 0 spiro atoms. The first-order valence-electron chi connectivity index (χ1n) is 8.68. The molecule has 0 aromatic carbocycles. The summed E-state index contributed by atoms with van der Waals surface area (Å²) in [6.07, 6.45) is 2.00. The van der Waals surface area contributed by atoms with Crippen LogP contribution in [-0.4, -0.2) is 46.3 Å². The number of hydrogen-bond donors (Lipinski definition) is 2. The summed E-state index contributed by atoms with van der Waals surface area (Å²) >= 11 is 0. The lowest BCUT2D eigenvalue weighted by molar-refractivity contribution is -0.170. The van der Waals surface area contributed by atoms with Gasteiger partial charge in [0.25, 0.3) is 0 Å². The highest BCUT2D eigenvalue weighted by molar-refractivity contribution is 5.87. The van der Waals surface area contributed by atoms with Crippen molar-refractivity contribution in [1.82, 2.24) is 0 Å². The molecule has 3 unspecified atom stereocenters. The Balaban J connectivity index is 2.09. The Morgan fingerprint density at radius 3 is 2.52 bits per heavy atom. The summed E-state index contributed by atoms with van der Waals surface area (Å²) in [7, 11) is 0. The minimum atomic E-state index is -1.27. The van der Waals surface area contributed by atoms with E-state index in [2.05, 4.69) is 6.58 Å². The summed E-state index contributed by atoms with van der Waals surface area (Å²) < 4.78 is 10.3. The highest BCUT2D eigenvalue weighted by Crippen LogP contribution is 2.52. The van der Waals surface area contributed by atoms with Gasteiger partial charge in [0.05, 0.1) is 17.8 Å². The van der Waals surface area contributed by atoms with E-state index in [1.807, 2.05) is 0 Å². The number of rotatable bonds is 7. The summed E-state index contributed by atoms with van der Waals surface area (Å²) in [5.74, 6) is -4.10. The SMILES string of the molecule is C=C(C)C(=O)OCCC(=O)OC1(C)C=C2CC(C(=O)O)CC(C(=O)O)(C2)C1. The predicted octanol–water partition coefficient (Wildman–Crippen LogP) is 2.08. The van der Waals surface area contributed by atoms with Crippen LogP contribution in [0.25, 0.3) is 0 Å². The van der Waals surface area contributed by atoms with Crippen LogP contribution in [0.5, 0.6) is 0 Å². The van der Waals surface area contributed by atoms with E-state index in [1.54, 1.807) is 13.0 Å². The van der Waals surface area contributed by atoms with Gasteiger partial charge in [-0.3, -0.25) is 14.4 Å². The smallest absolute Gasteiger partial charge is 0.333 e. The van der Waals surface area contributed by atoms with E-state index in [1.165, 1.54) is 6.92 Å². The molecule has 8 nitrogen and oxygen atoms in total. The molecule has 3 atom stereocenters. The molecule has 1 saturated carbocycles. The number of aliphatic carboxylic acids is 2. The monoisotopic (exact) mass is 380 g/mol. The van der Waals surface area contributed by atoms with Crippen molar-refractivity contribution in [3.8, 4) is 0 Å². The molecule has 2 bridgehead atoms. The lowest BCUT2D eigenvalue weighted by atomic mass is 9.59. The zero-order valence-electron chi connectivity index (χ0n) is 15.4. The Bertz CT molecular complexity index is 721. The van der Waals surface area contributed by atoms with Crippen LogP contribution < -0.4 is 0 Å². The maximum atomic E-state index is 12.1. The minimum absolute atomic E-state index is 0.0000923. The predicted molar refractivity (Wildman–Crippen MR) is 92.6 cm³/mol. The number of carbonyl (C=O) groups is 4. The van der Waals surface area contributed by atoms with Crippen LogP contribution in [0.2, 0.25) is 0 Å². The van der Waals surface area contributed by atoms with Gasteiger partial charge in [-0.05, 0) is 39.2 Å². The zero-order chi connectivity index (χ0) is 20.4. The first kappa shape index (κ1) is 20.7. The highest BCUT2D eigenvalue weighted by atomic mass is 16.6. The number of ether oxygens (including phenoxy) is 2. The number of carboxylic acids is 2. The number of fused-ring (bicyclic) bond motifs is 2. The van der Waals surface area contributed by atoms with Crippen molar-refractivity contribution in [2.45, 2.75) is 51.6 Å². The Kier molecular flexibility index (Phi) is 5.77. The number of allylic oxidation sites excluding steroid dienone is 1. The van der Waals surface area contributed by atoms with Crippen molar-refractivity contribution < 1.29 is 38.9 Å². The van der Waals surface area contributed by atoms with E-state index < -0.39 is 40.8 Å². The quantitative estimate of drug-likeness (QED) is 0.390. The van der Waals surface area contributed by atoms with Crippen LogP contribution in [0, 0.1) is 11.3 Å². The normalized spacial score (nSPS) is 29.3.